The normalized spacial score (nSPS) is 19.4. The molecule has 1 rings (SSSR count). The Morgan fingerprint density at radius 1 is 1.42 bits per heavy atom. The minimum absolute atomic E-state index is 0.120. The molecule has 0 aromatic heterocycles. The molecule has 1 aliphatic rings. The van der Waals surface area contributed by atoms with E-state index < -0.39 is 0 Å². The second kappa shape index (κ2) is 6.40. The summed E-state index contributed by atoms with van der Waals surface area (Å²) < 4.78 is 5.46. The lowest BCUT2D eigenvalue weighted by atomic mass is 9.89. The highest BCUT2D eigenvalue weighted by atomic mass is 16.5. The monoisotopic (exact) mass is 266 g/mol. The van der Waals surface area contributed by atoms with E-state index in [1.165, 1.54) is 0 Å². The van der Waals surface area contributed by atoms with Crippen LogP contribution in [0.1, 0.15) is 40.5 Å². The van der Waals surface area contributed by atoms with Crippen molar-refractivity contribution in [3.8, 4) is 11.8 Å². The molecule has 1 saturated heterocycles. The maximum absolute atomic E-state index is 11.6. The van der Waals surface area contributed by atoms with Gasteiger partial charge in [-0.25, -0.2) is 0 Å². The quantitative estimate of drug-likeness (QED) is 0.782. The number of ether oxygens (including phenoxy) is 1. The number of hydrogen-bond donors (Lipinski definition) is 1. The van der Waals surface area contributed by atoms with Crippen molar-refractivity contribution in [1.29, 1.82) is 0 Å². The Bertz CT molecular complexity index is 371. The van der Waals surface area contributed by atoms with Gasteiger partial charge >= 0.3 is 0 Å². The van der Waals surface area contributed by atoms with Gasteiger partial charge in [0.2, 0.25) is 0 Å². The third-order valence-corrected chi connectivity index (χ3v) is 3.77. The second-order valence-electron chi connectivity index (χ2n) is 6.13. The molecule has 0 aromatic rings. The van der Waals surface area contributed by atoms with E-state index in [0.717, 1.165) is 32.5 Å². The summed E-state index contributed by atoms with van der Waals surface area (Å²) >= 11 is 0. The Morgan fingerprint density at radius 2 is 2.00 bits per heavy atom. The molecular formula is C15H26N2O2. The first-order chi connectivity index (χ1) is 8.80. The van der Waals surface area contributed by atoms with E-state index in [9.17, 15) is 4.79 Å². The lowest BCUT2D eigenvalue weighted by Crippen LogP contribution is -2.55. The molecule has 4 heteroatoms. The van der Waals surface area contributed by atoms with Crippen molar-refractivity contribution < 1.29 is 9.53 Å². The van der Waals surface area contributed by atoms with Gasteiger partial charge in [-0.05, 0) is 46.5 Å². The van der Waals surface area contributed by atoms with E-state index in [2.05, 4.69) is 42.8 Å². The van der Waals surface area contributed by atoms with Gasteiger partial charge in [0.1, 0.15) is 0 Å². The van der Waals surface area contributed by atoms with Crippen molar-refractivity contribution in [3.63, 3.8) is 0 Å². The molecular weight excluding hydrogens is 240 g/mol. The predicted molar refractivity (Wildman–Crippen MR) is 76.8 cm³/mol. The first kappa shape index (κ1) is 16.0. The van der Waals surface area contributed by atoms with Crippen molar-refractivity contribution in [3.05, 3.63) is 0 Å². The fourth-order valence-electron chi connectivity index (χ4n) is 2.35. The molecule has 1 N–H and O–H groups in total. The highest BCUT2D eigenvalue weighted by Crippen LogP contribution is 2.23. The summed E-state index contributed by atoms with van der Waals surface area (Å²) in [4.78, 5) is 13.9. The Morgan fingerprint density at radius 3 is 2.47 bits per heavy atom. The molecule has 19 heavy (non-hydrogen) atoms. The van der Waals surface area contributed by atoms with Crippen LogP contribution in [0.4, 0.5) is 0 Å². The largest absolute Gasteiger partial charge is 0.377 e. The predicted octanol–water partition coefficient (Wildman–Crippen LogP) is 1.41. The van der Waals surface area contributed by atoms with Gasteiger partial charge in [0.15, 0.2) is 0 Å². The average molecular weight is 266 g/mol. The molecule has 108 valence electrons. The molecule has 1 heterocycles. The maximum atomic E-state index is 11.6. The number of nitrogens with zero attached hydrogens (tertiary/aromatic N) is 1. The molecule has 0 spiro atoms. The molecule has 0 aliphatic carbocycles. The summed E-state index contributed by atoms with van der Waals surface area (Å²) in [6.45, 7) is 10.8. The first-order valence-corrected chi connectivity index (χ1v) is 6.83. The Labute approximate surface area is 116 Å². The van der Waals surface area contributed by atoms with E-state index in [0.29, 0.717) is 0 Å². The van der Waals surface area contributed by atoms with E-state index >= 15 is 0 Å². The van der Waals surface area contributed by atoms with Gasteiger partial charge in [0.25, 0.3) is 5.91 Å². The highest BCUT2D eigenvalue weighted by molar-refractivity contribution is 5.93. The summed E-state index contributed by atoms with van der Waals surface area (Å²) in [7, 11) is 1.75. The molecule has 0 bridgehead atoms. The topological polar surface area (TPSA) is 41.6 Å². The standard InChI is InChI=1S/C15H26N2O2/c1-6-7-13(18)16-15(4)8-10-17(11-9-15)12-14(2,3)19-5/h8-12H2,1-5H3,(H,16,18). The van der Waals surface area contributed by atoms with Crippen molar-refractivity contribution in [1.82, 2.24) is 10.2 Å². The number of carbonyl (C=O) groups is 1. The van der Waals surface area contributed by atoms with Gasteiger partial charge in [0, 0.05) is 32.3 Å². The first-order valence-electron chi connectivity index (χ1n) is 6.83. The molecule has 0 saturated carbocycles. The molecule has 0 radical (unpaired) electrons. The van der Waals surface area contributed by atoms with Crippen LogP contribution in [0.25, 0.3) is 0 Å². The third-order valence-electron chi connectivity index (χ3n) is 3.77. The van der Waals surface area contributed by atoms with Gasteiger partial charge in [-0.2, -0.15) is 0 Å². The van der Waals surface area contributed by atoms with E-state index in [1.54, 1.807) is 14.0 Å². The number of likely N-dealkylation sites (tertiary alicyclic amines) is 1. The number of rotatable bonds is 4. The van der Waals surface area contributed by atoms with Crippen molar-refractivity contribution in [2.24, 2.45) is 0 Å². The molecule has 0 unspecified atom stereocenters. The number of hydrogen-bond acceptors (Lipinski definition) is 3. The van der Waals surface area contributed by atoms with Crippen LogP contribution >= 0.6 is 0 Å². The van der Waals surface area contributed by atoms with Crippen LogP contribution in [-0.2, 0) is 9.53 Å². The summed E-state index contributed by atoms with van der Waals surface area (Å²) in [5.41, 5.74) is -0.251. The van der Waals surface area contributed by atoms with Gasteiger partial charge in [0.05, 0.1) is 5.60 Å². The fraction of sp³-hybridized carbons (Fsp3) is 0.800. The molecule has 0 aromatic carbocycles. The highest BCUT2D eigenvalue weighted by Gasteiger charge is 2.33. The number of methoxy groups -OCH3 is 1. The van der Waals surface area contributed by atoms with Crippen LogP contribution in [0, 0.1) is 11.8 Å². The second-order valence-corrected chi connectivity index (χ2v) is 6.13. The summed E-state index contributed by atoms with van der Waals surface area (Å²) in [5.74, 6) is 5.01. The lowest BCUT2D eigenvalue weighted by Gasteiger charge is -2.41. The lowest BCUT2D eigenvalue weighted by molar-refractivity contribution is -0.118. The van der Waals surface area contributed by atoms with Crippen LogP contribution in [0.15, 0.2) is 0 Å². The van der Waals surface area contributed by atoms with Gasteiger partial charge < -0.3 is 15.0 Å². The number of carbonyl (C=O) groups excluding carboxylic acids is 1. The minimum Gasteiger partial charge on any atom is -0.377 e. The Kier molecular flexibility index (Phi) is 5.39. The van der Waals surface area contributed by atoms with Crippen molar-refractivity contribution in [2.75, 3.05) is 26.7 Å². The molecule has 1 aliphatic heterocycles. The van der Waals surface area contributed by atoms with Crippen LogP contribution in [0.5, 0.6) is 0 Å². The fourth-order valence-corrected chi connectivity index (χ4v) is 2.35. The average Bonchev–Trinajstić information content (AvgIpc) is 2.32. The molecule has 4 nitrogen and oxygen atoms in total. The summed E-state index contributed by atoms with van der Waals surface area (Å²) in [5, 5.41) is 3.02. The zero-order chi connectivity index (χ0) is 14.5. The Hall–Kier alpha value is -1.05. The van der Waals surface area contributed by atoms with Gasteiger partial charge in [-0.3, -0.25) is 4.79 Å². The molecule has 1 amide bonds. The van der Waals surface area contributed by atoms with Crippen LogP contribution in [-0.4, -0.2) is 48.7 Å². The zero-order valence-electron chi connectivity index (χ0n) is 12.8. The smallest absolute Gasteiger partial charge is 0.296 e. The Balaban J connectivity index is 2.47. The SMILES string of the molecule is CC#CC(=O)NC1(C)CCN(CC(C)(C)OC)CC1. The number of amides is 1. The van der Waals surface area contributed by atoms with E-state index in [1.807, 2.05) is 0 Å². The van der Waals surface area contributed by atoms with Crippen molar-refractivity contribution in [2.45, 2.75) is 51.7 Å². The zero-order valence-corrected chi connectivity index (χ0v) is 12.8. The van der Waals surface area contributed by atoms with E-state index in [4.69, 9.17) is 4.74 Å². The summed E-state index contributed by atoms with van der Waals surface area (Å²) in [6, 6.07) is 0. The van der Waals surface area contributed by atoms with Gasteiger partial charge in [-0.1, -0.05) is 5.92 Å². The van der Waals surface area contributed by atoms with Crippen LogP contribution in [0.3, 0.4) is 0 Å². The number of piperidine rings is 1. The van der Waals surface area contributed by atoms with Gasteiger partial charge in [-0.15, -0.1) is 0 Å². The minimum atomic E-state index is -0.171. The van der Waals surface area contributed by atoms with E-state index in [-0.39, 0.29) is 17.0 Å². The van der Waals surface area contributed by atoms with Crippen LogP contribution < -0.4 is 5.32 Å². The van der Waals surface area contributed by atoms with Crippen molar-refractivity contribution >= 4 is 5.91 Å². The maximum Gasteiger partial charge on any atom is 0.296 e. The summed E-state index contributed by atoms with van der Waals surface area (Å²) in [6.07, 6.45) is 1.90. The molecule has 0 atom stereocenters. The molecule has 1 fully saturated rings. The van der Waals surface area contributed by atoms with Crippen LogP contribution in [0.2, 0.25) is 0 Å². The number of nitrogens with one attached hydrogen (secondary N) is 1. The third kappa shape index (κ3) is 5.22.